The summed E-state index contributed by atoms with van der Waals surface area (Å²) in [6, 6.07) is 4.38. The van der Waals surface area contributed by atoms with E-state index in [0.29, 0.717) is 0 Å². The van der Waals surface area contributed by atoms with Gasteiger partial charge in [-0.25, -0.2) is 8.42 Å². The lowest BCUT2D eigenvalue weighted by Crippen LogP contribution is -2.27. The fourth-order valence-corrected chi connectivity index (χ4v) is 3.83. The number of furan rings is 1. The van der Waals surface area contributed by atoms with E-state index in [4.69, 9.17) is 33.4 Å². The lowest BCUT2D eigenvalue weighted by atomic mass is 10.3. The number of nitrogen functional groups attached to an aromatic ring is 1. The van der Waals surface area contributed by atoms with Gasteiger partial charge < -0.3 is 10.2 Å². The number of nitrogens with zero attached hydrogens (tertiary/aromatic N) is 1. The van der Waals surface area contributed by atoms with Gasteiger partial charge in [0.05, 0.1) is 23.2 Å². The largest absolute Gasteiger partial charge is 0.472 e. The van der Waals surface area contributed by atoms with Crippen molar-refractivity contribution < 1.29 is 12.8 Å². The summed E-state index contributed by atoms with van der Waals surface area (Å²) in [4.78, 5) is -0.144. The first kappa shape index (κ1) is 15.2. The molecule has 1 aromatic heterocycles. The molecular weight excluding hydrogens is 323 g/mol. The fraction of sp³-hybridized carbons (Fsp3) is 0.167. The van der Waals surface area contributed by atoms with E-state index < -0.39 is 10.0 Å². The molecule has 0 bridgehead atoms. The van der Waals surface area contributed by atoms with E-state index in [-0.39, 0.29) is 27.2 Å². The molecule has 2 N–H and O–H groups in total. The number of benzene rings is 1. The van der Waals surface area contributed by atoms with E-state index in [0.717, 1.165) is 9.87 Å². The summed E-state index contributed by atoms with van der Waals surface area (Å²) in [6.45, 7) is 0.150. The number of nitrogens with two attached hydrogens (primary N) is 1. The number of hydrogen-bond acceptors (Lipinski definition) is 4. The molecule has 8 heteroatoms. The molecule has 0 saturated heterocycles. The Bertz CT molecular complexity index is 691. The summed E-state index contributed by atoms with van der Waals surface area (Å²) in [5.74, 6) is 0. The van der Waals surface area contributed by atoms with Gasteiger partial charge in [0, 0.05) is 24.2 Å². The van der Waals surface area contributed by atoms with Gasteiger partial charge in [0.1, 0.15) is 4.90 Å². The highest BCUT2D eigenvalue weighted by Gasteiger charge is 2.27. The van der Waals surface area contributed by atoms with Gasteiger partial charge in [-0.3, -0.25) is 0 Å². The SMILES string of the molecule is CN(Cc1ccoc1)S(=O)(=O)c1c(N)cc(Cl)cc1Cl. The molecule has 108 valence electrons. The molecule has 1 aromatic carbocycles. The summed E-state index contributed by atoms with van der Waals surface area (Å²) in [5.41, 5.74) is 6.46. The molecule has 0 saturated carbocycles. The first-order chi connectivity index (χ1) is 9.32. The van der Waals surface area contributed by atoms with Crippen molar-refractivity contribution in [1.29, 1.82) is 0 Å². The van der Waals surface area contributed by atoms with E-state index >= 15 is 0 Å². The third kappa shape index (κ3) is 2.93. The van der Waals surface area contributed by atoms with Crippen LogP contribution in [0.4, 0.5) is 5.69 Å². The topological polar surface area (TPSA) is 76.5 Å². The maximum absolute atomic E-state index is 12.5. The second-order valence-corrected chi connectivity index (χ2v) is 7.02. The summed E-state index contributed by atoms with van der Waals surface area (Å²) in [7, 11) is -2.38. The minimum absolute atomic E-state index is 0.00552. The second kappa shape index (κ2) is 5.65. The van der Waals surface area contributed by atoms with Gasteiger partial charge in [-0.15, -0.1) is 0 Å². The molecular formula is C12H12Cl2N2O3S. The maximum atomic E-state index is 12.5. The number of rotatable bonds is 4. The monoisotopic (exact) mass is 334 g/mol. The summed E-state index contributed by atoms with van der Waals surface area (Å²) >= 11 is 11.7. The second-order valence-electron chi connectivity index (χ2n) is 4.20. The van der Waals surface area contributed by atoms with Gasteiger partial charge in [-0.05, 0) is 18.2 Å². The zero-order chi connectivity index (χ0) is 14.9. The van der Waals surface area contributed by atoms with Crippen LogP contribution in [0.15, 0.2) is 40.0 Å². The molecule has 0 aliphatic heterocycles. The first-order valence-electron chi connectivity index (χ1n) is 5.54. The number of halogens is 2. The van der Waals surface area contributed by atoms with Gasteiger partial charge in [0.2, 0.25) is 10.0 Å². The highest BCUT2D eigenvalue weighted by molar-refractivity contribution is 7.89. The smallest absolute Gasteiger partial charge is 0.246 e. The zero-order valence-electron chi connectivity index (χ0n) is 10.5. The Morgan fingerprint density at radius 1 is 1.35 bits per heavy atom. The van der Waals surface area contributed by atoms with E-state index in [9.17, 15) is 8.42 Å². The van der Waals surface area contributed by atoms with Crippen molar-refractivity contribution in [1.82, 2.24) is 4.31 Å². The van der Waals surface area contributed by atoms with Crippen molar-refractivity contribution >= 4 is 38.9 Å². The molecule has 0 aliphatic rings. The van der Waals surface area contributed by atoms with Crippen molar-refractivity contribution in [2.45, 2.75) is 11.4 Å². The molecule has 20 heavy (non-hydrogen) atoms. The van der Waals surface area contributed by atoms with Crippen molar-refractivity contribution in [3.63, 3.8) is 0 Å². The standard InChI is InChI=1S/C12H12Cl2N2O3S/c1-16(6-8-2-3-19-7-8)20(17,18)12-10(14)4-9(13)5-11(12)15/h2-5,7H,6,15H2,1H3. The molecule has 2 aromatic rings. The quantitative estimate of drug-likeness (QED) is 0.872. The molecule has 0 aliphatic carbocycles. The summed E-state index contributed by atoms with van der Waals surface area (Å²) in [6.07, 6.45) is 2.94. The minimum Gasteiger partial charge on any atom is -0.472 e. The molecule has 5 nitrogen and oxygen atoms in total. The molecule has 0 spiro atoms. The maximum Gasteiger partial charge on any atom is 0.246 e. The van der Waals surface area contributed by atoms with Crippen LogP contribution in [0.25, 0.3) is 0 Å². The molecule has 0 atom stereocenters. The predicted molar refractivity (Wildman–Crippen MR) is 78.2 cm³/mol. The van der Waals surface area contributed by atoms with Crippen LogP contribution < -0.4 is 5.73 Å². The third-order valence-corrected chi connectivity index (χ3v) is 5.24. The highest BCUT2D eigenvalue weighted by Crippen LogP contribution is 2.33. The van der Waals surface area contributed by atoms with Crippen LogP contribution in [0.3, 0.4) is 0 Å². The molecule has 0 radical (unpaired) electrons. The summed E-state index contributed by atoms with van der Waals surface area (Å²) < 4.78 is 31.0. The Hall–Kier alpha value is -1.21. The van der Waals surface area contributed by atoms with Crippen molar-refractivity contribution in [3.05, 3.63) is 46.3 Å². The number of anilines is 1. The van der Waals surface area contributed by atoms with Crippen LogP contribution >= 0.6 is 23.2 Å². The predicted octanol–water partition coefficient (Wildman–Crippen LogP) is 2.99. The molecule has 1 heterocycles. The van der Waals surface area contributed by atoms with E-state index in [1.165, 1.54) is 31.7 Å². The lowest BCUT2D eigenvalue weighted by Gasteiger charge is -2.18. The van der Waals surface area contributed by atoms with Crippen LogP contribution in [-0.4, -0.2) is 19.8 Å². The Kier molecular flexibility index (Phi) is 4.29. The Morgan fingerprint density at radius 2 is 2.05 bits per heavy atom. The van der Waals surface area contributed by atoms with Gasteiger partial charge in [0.15, 0.2) is 0 Å². The normalized spacial score (nSPS) is 12.0. The van der Waals surface area contributed by atoms with Crippen LogP contribution in [0.2, 0.25) is 10.0 Å². The van der Waals surface area contributed by atoms with E-state index in [2.05, 4.69) is 0 Å². The van der Waals surface area contributed by atoms with Crippen LogP contribution in [0, 0.1) is 0 Å². The van der Waals surface area contributed by atoms with E-state index in [1.54, 1.807) is 6.07 Å². The average Bonchev–Trinajstić information content (AvgIpc) is 2.79. The van der Waals surface area contributed by atoms with Crippen LogP contribution in [0.1, 0.15) is 5.56 Å². The first-order valence-corrected chi connectivity index (χ1v) is 7.74. The van der Waals surface area contributed by atoms with E-state index in [1.807, 2.05) is 0 Å². The fourth-order valence-electron chi connectivity index (χ4n) is 1.73. The number of sulfonamides is 1. The summed E-state index contributed by atoms with van der Waals surface area (Å²) in [5, 5.41) is 0.276. The van der Waals surface area contributed by atoms with Gasteiger partial charge in [0.25, 0.3) is 0 Å². The molecule has 0 fully saturated rings. The number of hydrogen-bond donors (Lipinski definition) is 1. The van der Waals surface area contributed by atoms with Gasteiger partial charge >= 0.3 is 0 Å². The van der Waals surface area contributed by atoms with Crippen molar-refractivity contribution in [2.75, 3.05) is 12.8 Å². The highest BCUT2D eigenvalue weighted by atomic mass is 35.5. The third-order valence-electron chi connectivity index (χ3n) is 2.69. The van der Waals surface area contributed by atoms with Crippen molar-refractivity contribution in [2.24, 2.45) is 0 Å². The molecule has 0 unspecified atom stereocenters. The van der Waals surface area contributed by atoms with Crippen LogP contribution in [0.5, 0.6) is 0 Å². The zero-order valence-corrected chi connectivity index (χ0v) is 12.8. The minimum atomic E-state index is -3.82. The van der Waals surface area contributed by atoms with Gasteiger partial charge in [-0.2, -0.15) is 4.31 Å². The lowest BCUT2D eigenvalue weighted by molar-refractivity contribution is 0.463. The Morgan fingerprint density at radius 3 is 2.60 bits per heavy atom. The van der Waals surface area contributed by atoms with Crippen LogP contribution in [-0.2, 0) is 16.6 Å². The Balaban J connectivity index is 2.40. The average molecular weight is 335 g/mol. The molecule has 0 amide bonds. The van der Waals surface area contributed by atoms with Gasteiger partial charge in [-0.1, -0.05) is 23.2 Å². The van der Waals surface area contributed by atoms with Crippen molar-refractivity contribution in [3.8, 4) is 0 Å². The Labute approximate surface area is 126 Å². The molecule has 2 rings (SSSR count).